The van der Waals surface area contributed by atoms with Gasteiger partial charge < -0.3 is 4.98 Å². The number of nitrogens with zero attached hydrogens (tertiary/aromatic N) is 2. The van der Waals surface area contributed by atoms with Crippen molar-refractivity contribution in [2.75, 3.05) is 5.75 Å². The standard InChI is InChI=1S/C11H15N5O3S/c17-8(16-19)4-2-1-3-5-20-11-13-9-7(6-12-15-9)10(18)14-11/h6,19H,1-5H2,(H,16,17)(H2,12,13,14,15,18). The van der Waals surface area contributed by atoms with Gasteiger partial charge in [-0.05, 0) is 12.8 Å². The van der Waals surface area contributed by atoms with Gasteiger partial charge in [0.15, 0.2) is 10.8 Å². The number of carbonyl (C=O) groups is 1. The van der Waals surface area contributed by atoms with Gasteiger partial charge in [0.1, 0.15) is 5.39 Å². The van der Waals surface area contributed by atoms with E-state index >= 15 is 0 Å². The summed E-state index contributed by atoms with van der Waals surface area (Å²) in [7, 11) is 0. The molecular formula is C11H15N5O3S. The predicted molar refractivity (Wildman–Crippen MR) is 73.6 cm³/mol. The summed E-state index contributed by atoms with van der Waals surface area (Å²) < 4.78 is 0. The molecule has 0 aliphatic carbocycles. The highest BCUT2D eigenvalue weighted by molar-refractivity contribution is 7.99. The highest BCUT2D eigenvalue weighted by atomic mass is 32.2. The Morgan fingerprint density at radius 3 is 3.05 bits per heavy atom. The number of aromatic amines is 2. The quantitative estimate of drug-likeness (QED) is 0.197. The number of amides is 1. The van der Waals surface area contributed by atoms with Crippen LogP contribution in [-0.2, 0) is 4.79 Å². The Kier molecular flexibility index (Phi) is 5.13. The molecule has 0 aliphatic heterocycles. The van der Waals surface area contributed by atoms with Gasteiger partial charge in [-0.1, -0.05) is 18.2 Å². The summed E-state index contributed by atoms with van der Waals surface area (Å²) in [5.74, 6) is 0.428. The van der Waals surface area contributed by atoms with Gasteiger partial charge in [-0.25, -0.2) is 10.5 Å². The first-order valence-corrected chi connectivity index (χ1v) is 7.18. The molecule has 4 N–H and O–H groups in total. The predicted octanol–water partition coefficient (Wildman–Crippen LogP) is 0.804. The zero-order valence-corrected chi connectivity index (χ0v) is 11.5. The molecule has 9 heteroatoms. The first-order chi connectivity index (χ1) is 9.70. The van der Waals surface area contributed by atoms with Gasteiger partial charge in [0.05, 0.1) is 6.20 Å². The fraction of sp³-hybridized carbons (Fsp3) is 0.455. The van der Waals surface area contributed by atoms with Crippen molar-refractivity contribution in [2.45, 2.75) is 30.8 Å². The Morgan fingerprint density at radius 1 is 1.40 bits per heavy atom. The van der Waals surface area contributed by atoms with Crippen LogP contribution in [0.4, 0.5) is 0 Å². The molecule has 0 bridgehead atoms. The van der Waals surface area contributed by atoms with Crippen LogP contribution >= 0.6 is 11.8 Å². The van der Waals surface area contributed by atoms with Crippen molar-refractivity contribution in [3.8, 4) is 0 Å². The van der Waals surface area contributed by atoms with E-state index in [1.54, 1.807) is 5.48 Å². The smallest absolute Gasteiger partial charge is 0.262 e. The average Bonchev–Trinajstić information content (AvgIpc) is 2.91. The van der Waals surface area contributed by atoms with Crippen molar-refractivity contribution < 1.29 is 10.0 Å². The fourth-order valence-corrected chi connectivity index (χ4v) is 2.54. The lowest BCUT2D eigenvalue weighted by molar-refractivity contribution is -0.129. The third kappa shape index (κ3) is 3.81. The number of hydroxylamine groups is 1. The van der Waals surface area contributed by atoms with Crippen LogP contribution < -0.4 is 11.0 Å². The molecule has 2 aromatic rings. The van der Waals surface area contributed by atoms with Crippen LogP contribution in [0.1, 0.15) is 25.7 Å². The molecule has 0 unspecified atom stereocenters. The molecule has 1 amide bonds. The Labute approximate surface area is 118 Å². The molecule has 8 nitrogen and oxygen atoms in total. The molecule has 0 saturated heterocycles. The maximum absolute atomic E-state index is 11.7. The van der Waals surface area contributed by atoms with Gasteiger partial charge in [-0.2, -0.15) is 5.10 Å². The Bertz CT molecular complexity index is 638. The summed E-state index contributed by atoms with van der Waals surface area (Å²) in [6.45, 7) is 0. The van der Waals surface area contributed by atoms with Gasteiger partial charge in [-0.3, -0.25) is 19.9 Å². The second kappa shape index (κ2) is 7.06. The molecule has 0 aliphatic rings. The molecule has 20 heavy (non-hydrogen) atoms. The molecule has 0 atom stereocenters. The van der Waals surface area contributed by atoms with Gasteiger partial charge in [0.25, 0.3) is 5.56 Å². The normalized spacial score (nSPS) is 10.8. The van der Waals surface area contributed by atoms with E-state index in [-0.39, 0.29) is 11.5 Å². The first-order valence-electron chi connectivity index (χ1n) is 6.20. The van der Waals surface area contributed by atoms with Crippen molar-refractivity contribution in [1.82, 2.24) is 25.6 Å². The van der Waals surface area contributed by atoms with Gasteiger partial charge in [0.2, 0.25) is 5.91 Å². The molecule has 0 aromatic carbocycles. The lowest BCUT2D eigenvalue weighted by Gasteiger charge is -2.01. The number of thioether (sulfide) groups is 1. The van der Waals surface area contributed by atoms with Crippen molar-refractivity contribution in [3.05, 3.63) is 16.6 Å². The second-order valence-corrected chi connectivity index (χ2v) is 5.28. The van der Waals surface area contributed by atoms with Crippen LogP contribution in [0.5, 0.6) is 0 Å². The number of nitrogens with one attached hydrogen (secondary N) is 3. The third-order valence-electron chi connectivity index (χ3n) is 2.71. The summed E-state index contributed by atoms with van der Waals surface area (Å²) in [5.41, 5.74) is 1.88. The van der Waals surface area contributed by atoms with E-state index in [4.69, 9.17) is 5.21 Å². The van der Waals surface area contributed by atoms with Crippen LogP contribution in [0.15, 0.2) is 16.1 Å². The minimum atomic E-state index is -0.367. The molecule has 0 spiro atoms. The van der Waals surface area contributed by atoms with Gasteiger partial charge >= 0.3 is 0 Å². The Morgan fingerprint density at radius 2 is 2.25 bits per heavy atom. The summed E-state index contributed by atoms with van der Waals surface area (Å²) in [6, 6.07) is 0. The van der Waals surface area contributed by atoms with Crippen LogP contribution in [0.25, 0.3) is 11.0 Å². The van der Waals surface area contributed by atoms with Crippen LogP contribution in [0.2, 0.25) is 0 Å². The number of aromatic nitrogens is 4. The Balaban J connectivity index is 1.76. The zero-order valence-electron chi connectivity index (χ0n) is 10.7. The second-order valence-electron chi connectivity index (χ2n) is 4.20. The molecule has 0 saturated carbocycles. The van der Waals surface area contributed by atoms with Crippen molar-refractivity contribution >= 4 is 28.7 Å². The summed E-state index contributed by atoms with van der Waals surface area (Å²) in [6.07, 6.45) is 4.25. The fourth-order valence-electron chi connectivity index (χ4n) is 1.68. The third-order valence-corrected chi connectivity index (χ3v) is 3.67. The number of hydrogen-bond donors (Lipinski definition) is 4. The van der Waals surface area contributed by atoms with E-state index in [1.807, 2.05) is 0 Å². The highest BCUT2D eigenvalue weighted by Gasteiger charge is 2.05. The van der Waals surface area contributed by atoms with Crippen LogP contribution in [0.3, 0.4) is 0 Å². The lowest BCUT2D eigenvalue weighted by atomic mass is 10.2. The SMILES string of the molecule is O=C(CCCCCSc1nc2[nH]ncc2c(=O)[nH]1)NO. The average molecular weight is 297 g/mol. The van der Waals surface area contributed by atoms with E-state index in [2.05, 4.69) is 20.2 Å². The summed E-state index contributed by atoms with van der Waals surface area (Å²) in [4.78, 5) is 29.4. The molecule has 0 radical (unpaired) electrons. The number of rotatable bonds is 7. The van der Waals surface area contributed by atoms with Crippen molar-refractivity contribution in [3.63, 3.8) is 0 Å². The van der Waals surface area contributed by atoms with Crippen LogP contribution in [0, 0.1) is 0 Å². The molecule has 2 rings (SSSR count). The minimum Gasteiger partial charge on any atom is -0.301 e. The first kappa shape index (κ1) is 14.5. The number of H-pyrrole nitrogens is 2. The number of unbranched alkanes of at least 4 members (excludes halogenated alkanes) is 2. The van der Waals surface area contributed by atoms with E-state index in [0.29, 0.717) is 22.6 Å². The topological polar surface area (TPSA) is 124 Å². The molecular weight excluding hydrogens is 282 g/mol. The maximum atomic E-state index is 11.7. The van der Waals surface area contributed by atoms with E-state index in [1.165, 1.54) is 18.0 Å². The highest BCUT2D eigenvalue weighted by Crippen LogP contribution is 2.15. The lowest BCUT2D eigenvalue weighted by Crippen LogP contribution is -2.17. The monoisotopic (exact) mass is 297 g/mol. The molecule has 2 aromatic heterocycles. The maximum Gasteiger partial charge on any atom is 0.262 e. The molecule has 2 heterocycles. The van der Waals surface area contributed by atoms with Gasteiger partial charge in [0, 0.05) is 12.2 Å². The van der Waals surface area contributed by atoms with E-state index in [9.17, 15) is 9.59 Å². The van der Waals surface area contributed by atoms with Crippen molar-refractivity contribution in [2.24, 2.45) is 0 Å². The summed E-state index contributed by atoms with van der Waals surface area (Å²) in [5, 5.41) is 15.8. The largest absolute Gasteiger partial charge is 0.301 e. The number of carbonyl (C=O) groups excluding carboxylic acids is 1. The molecule has 0 fully saturated rings. The zero-order chi connectivity index (χ0) is 14.4. The van der Waals surface area contributed by atoms with Gasteiger partial charge in [-0.15, -0.1) is 0 Å². The Hall–Kier alpha value is -1.87. The van der Waals surface area contributed by atoms with Crippen molar-refractivity contribution in [1.29, 1.82) is 0 Å². The number of hydrogen-bond acceptors (Lipinski definition) is 6. The molecule has 108 valence electrons. The van der Waals surface area contributed by atoms with Crippen LogP contribution in [-0.4, -0.2) is 37.0 Å². The van der Waals surface area contributed by atoms with E-state index < -0.39 is 0 Å². The minimum absolute atomic E-state index is 0.203. The number of fused-ring (bicyclic) bond motifs is 1. The summed E-state index contributed by atoms with van der Waals surface area (Å²) >= 11 is 1.45. The van der Waals surface area contributed by atoms with E-state index in [0.717, 1.165) is 25.0 Å².